The predicted molar refractivity (Wildman–Crippen MR) is 125 cm³/mol. The zero-order valence-corrected chi connectivity index (χ0v) is 19.7. The van der Waals surface area contributed by atoms with Gasteiger partial charge in [0.2, 0.25) is 16.0 Å². The second kappa shape index (κ2) is 9.58. The number of ether oxygens (including phenoxy) is 2. The minimum absolute atomic E-state index is 0.0343. The molecule has 0 aliphatic carbocycles. The highest BCUT2D eigenvalue weighted by atomic mass is 32.2. The van der Waals surface area contributed by atoms with Gasteiger partial charge in [-0.25, -0.2) is 18.1 Å². The summed E-state index contributed by atoms with van der Waals surface area (Å²) in [5.74, 6) is 1.45. The normalized spacial score (nSPS) is 11.5. The molecule has 9 nitrogen and oxygen atoms in total. The SMILES string of the molecule is CCS(=O)(=O)NCc1cccc(CN(C)c2nc3cc(OC)c(OC)c(C)c3c(=O)[nH]2)c1. The topological polar surface area (TPSA) is 114 Å². The van der Waals surface area contributed by atoms with Crippen molar-refractivity contribution >= 4 is 26.9 Å². The first-order valence-electron chi connectivity index (χ1n) is 10.1. The van der Waals surface area contributed by atoms with Crippen LogP contribution < -0.4 is 24.7 Å². The van der Waals surface area contributed by atoms with Crippen LogP contribution in [0.15, 0.2) is 35.1 Å². The Labute approximate surface area is 187 Å². The molecule has 3 aromatic rings. The maximum absolute atomic E-state index is 12.8. The lowest BCUT2D eigenvalue weighted by Gasteiger charge is -2.19. The Morgan fingerprint density at radius 3 is 2.53 bits per heavy atom. The average molecular weight is 461 g/mol. The van der Waals surface area contributed by atoms with Gasteiger partial charge in [0.1, 0.15) is 0 Å². The number of sulfonamides is 1. The van der Waals surface area contributed by atoms with Crippen molar-refractivity contribution in [1.82, 2.24) is 14.7 Å². The van der Waals surface area contributed by atoms with Crippen molar-refractivity contribution in [3.05, 3.63) is 57.4 Å². The highest BCUT2D eigenvalue weighted by Gasteiger charge is 2.17. The van der Waals surface area contributed by atoms with Crippen LogP contribution >= 0.6 is 0 Å². The van der Waals surface area contributed by atoms with E-state index in [0.717, 1.165) is 11.1 Å². The van der Waals surface area contributed by atoms with E-state index in [1.165, 1.54) is 14.2 Å². The number of rotatable bonds is 9. The molecule has 0 aliphatic rings. The van der Waals surface area contributed by atoms with Crippen LogP contribution in [0.2, 0.25) is 0 Å². The predicted octanol–water partition coefficient (Wildman–Crippen LogP) is 2.32. The standard InChI is InChI=1S/C22H28N4O5S/c1-6-32(28,29)23-12-15-8-7-9-16(10-15)13-26(3)22-24-17-11-18(30-4)20(31-5)14(2)19(17)21(27)25-22/h7-11,23H,6,12-13H2,1-5H3,(H,24,25,27). The molecule has 0 bridgehead atoms. The number of anilines is 1. The van der Waals surface area contributed by atoms with Gasteiger partial charge in [-0.3, -0.25) is 9.78 Å². The molecule has 1 heterocycles. The fourth-order valence-electron chi connectivity index (χ4n) is 3.50. The number of nitrogens with zero attached hydrogens (tertiary/aromatic N) is 2. The number of fused-ring (bicyclic) bond motifs is 1. The van der Waals surface area contributed by atoms with Crippen molar-refractivity contribution < 1.29 is 17.9 Å². The summed E-state index contributed by atoms with van der Waals surface area (Å²) in [4.78, 5) is 22.1. The molecular weight excluding hydrogens is 432 g/mol. The Balaban J connectivity index is 1.88. The van der Waals surface area contributed by atoms with E-state index in [1.807, 2.05) is 36.2 Å². The first-order chi connectivity index (χ1) is 15.2. The lowest BCUT2D eigenvalue weighted by molar-refractivity contribution is 0.354. The number of hydrogen-bond donors (Lipinski definition) is 2. The number of hydrogen-bond acceptors (Lipinski definition) is 7. The van der Waals surface area contributed by atoms with E-state index in [0.29, 0.717) is 40.5 Å². The van der Waals surface area contributed by atoms with Gasteiger partial charge in [0.15, 0.2) is 11.5 Å². The van der Waals surface area contributed by atoms with Gasteiger partial charge in [-0.15, -0.1) is 0 Å². The van der Waals surface area contributed by atoms with E-state index in [1.54, 1.807) is 19.9 Å². The van der Waals surface area contributed by atoms with Crippen molar-refractivity contribution in [3.8, 4) is 11.5 Å². The number of aromatic nitrogens is 2. The molecule has 0 saturated carbocycles. The number of aromatic amines is 1. The first kappa shape index (κ1) is 23.6. The Hall–Kier alpha value is -3.11. The van der Waals surface area contributed by atoms with Crippen LogP contribution in [-0.2, 0) is 23.1 Å². The van der Waals surface area contributed by atoms with Gasteiger partial charge >= 0.3 is 0 Å². The molecule has 0 atom stereocenters. The van der Waals surface area contributed by atoms with Gasteiger partial charge in [-0.05, 0) is 25.0 Å². The Bertz CT molecular complexity index is 1290. The summed E-state index contributed by atoms with van der Waals surface area (Å²) < 4.78 is 36.7. The van der Waals surface area contributed by atoms with Gasteiger partial charge in [-0.1, -0.05) is 24.3 Å². The van der Waals surface area contributed by atoms with Crippen LogP contribution in [0.1, 0.15) is 23.6 Å². The molecule has 0 amide bonds. The van der Waals surface area contributed by atoms with E-state index in [-0.39, 0.29) is 17.9 Å². The van der Waals surface area contributed by atoms with Crippen LogP contribution in [0.4, 0.5) is 5.95 Å². The lowest BCUT2D eigenvalue weighted by Crippen LogP contribution is -2.25. The van der Waals surface area contributed by atoms with Crippen LogP contribution in [0, 0.1) is 6.92 Å². The molecule has 1 aromatic heterocycles. The molecule has 2 N–H and O–H groups in total. The lowest BCUT2D eigenvalue weighted by atomic mass is 10.1. The van der Waals surface area contributed by atoms with Gasteiger partial charge in [0.25, 0.3) is 5.56 Å². The highest BCUT2D eigenvalue weighted by molar-refractivity contribution is 7.89. The summed E-state index contributed by atoms with van der Waals surface area (Å²) in [6, 6.07) is 9.28. The smallest absolute Gasteiger partial charge is 0.260 e. The highest BCUT2D eigenvalue weighted by Crippen LogP contribution is 2.35. The number of H-pyrrole nitrogens is 1. The molecule has 3 rings (SSSR count). The van der Waals surface area contributed by atoms with E-state index in [2.05, 4.69) is 14.7 Å². The van der Waals surface area contributed by atoms with Gasteiger partial charge in [-0.2, -0.15) is 0 Å². The molecule has 0 unspecified atom stereocenters. The van der Waals surface area contributed by atoms with Crippen LogP contribution in [-0.4, -0.2) is 45.4 Å². The molecule has 172 valence electrons. The Morgan fingerprint density at radius 1 is 1.16 bits per heavy atom. The molecule has 0 aliphatic heterocycles. The fourth-order valence-corrected chi connectivity index (χ4v) is 4.09. The summed E-state index contributed by atoms with van der Waals surface area (Å²) in [5.41, 5.74) is 2.70. The molecule has 10 heteroatoms. The average Bonchev–Trinajstić information content (AvgIpc) is 2.77. The number of nitrogens with one attached hydrogen (secondary N) is 2. The summed E-state index contributed by atoms with van der Waals surface area (Å²) in [6.07, 6.45) is 0. The van der Waals surface area contributed by atoms with Gasteiger partial charge in [0, 0.05) is 31.8 Å². The van der Waals surface area contributed by atoms with Crippen molar-refractivity contribution in [2.45, 2.75) is 26.9 Å². The van der Waals surface area contributed by atoms with Crippen molar-refractivity contribution in [2.24, 2.45) is 0 Å². The maximum atomic E-state index is 12.8. The summed E-state index contributed by atoms with van der Waals surface area (Å²) in [7, 11) is 1.63. The molecule has 0 radical (unpaired) electrons. The van der Waals surface area contributed by atoms with Gasteiger partial charge in [0.05, 0.1) is 30.9 Å². The van der Waals surface area contributed by atoms with Crippen molar-refractivity contribution in [3.63, 3.8) is 0 Å². The Morgan fingerprint density at radius 2 is 1.88 bits per heavy atom. The van der Waals surface area contributed by atoms with Gasteiger partial charge < -0.3 is 14.4 Å². The number of aryl methyl sites for hydroxylation is 1. The summed E-state index contributed by atoms with van der Waals surface area (Å²) in [6.45, 7) is 4.08. The third-order valence-electron chi connectivity index (χ3n) is 5.22. The summed E-state index contributed by atoms with van der Waals surface area (Å²) >= 11 is 0. The zero-order chi connectivity index (χ0) is 23.5. The molecule has 0 spiro atoms. The van der Waals surface area contributed by atoms with E-state index in [9.17, 15) is 13.2 Å². The minimum atomic E-state index is -3.27. The van der Waals surface area contributed by atoms with E-state index < -0.39 is 10.0 Å². The molecule has 0 saturated heterocycles. The van der Waals surface area contributed by atoms with E-state index >= 15 is 0 Å². The Kier molecular flexibility index (Phi) is 7.05. The third kappa shape index (κ3) is 5.03. The van der Waals surface area contributed by atoms with Crippen molar-refractivity contribution in [2.75, 3.05) is 31.9 Å². The maximum Gasteiger partial charge on any atom is 0.260 e. The number of benzene rings is 2. The molecule has 2 aromatic carbocycles. The first-order valence-corrected chi connectivity index (χ1v) is 11.8. The zero-order valence-electron chi connectivity index (χ0n) is 18.9. The quantitative estimate of drug-likeness (QED) is 0.504. The van der Waals surface area contributed by atoms with Crippen molar-refractivity contribution in [1.29, 1.82) is 0 Å². The second-order valence-corrected chi connectivity index (χ2v) is 9.52. The largest absolute Gasteiger partial charge is 0.493 e. The van der Waals surface area contributed by atoms with E-state index in [4.69, 9.17) is 9.47 Å². The number of methoxy groups -OCH3 is 2. The van der Waals surface area contributed by atoms with Crippen LogP contribution in [0.5, 0.6) is 11.5 Å². The summed E-state index contributed by atoms with van der Waals surface area (Å²) in [5, 5.41) is 0.449. The fraction of sp³-hybridized carbons (Fsp3) is 0.364. The van der Waals surface area contributed by atoms with Crippen LogP contribution in [0.3, 0.4) is 0 Å². The molecule has 32 heavy (non-hydrogen) atoms. The molecule has 0 fully saturated rings. The monoisotopic (exact) mass is 460 g/mol. The second-order valence-electron chi connectivity index (χ2n) is 7.42. The third-order valence-corrected chi connectivity index (χ3v) is 6.56. The minimum Gasteiger partial charge on any atom is -0.493 e. The van der Waals surface area contributed by atoms with Crippen LogP contribution in [0.25, 0.3) is 10.9 Å². The molecular formula is C22H28N4O5S.